The van der Waals surface area contributed by atoms with E-state index in [0.717, 1.165) is 14.3 Å². The van der Waals surface area contributed by atoms with E-state index in [1.807, 2.05) is 30.3 Å². The van der Waals surface area contributed by atoms with Crippen LogP contribution in [0, 0.1) is 5.82 Å². The first kappa shape index (κ1) is 14.1. The van der Waals surface area contributed by atoms with Crippen molar-refractivity contribution in [2.45, 2.75) is 16.1 Å². The van der Waals surface area contributed by atoms with Crippen LogP contribution >= 0.6 is 27.7 Å². The highest BCUT2D eigenvalue weighted by Gasteiger charge is 2.25. The molecule has 20 heavy (non-hydrogen) atoms. The van der Waals surface area contributed by atoms with Crippen LogP contribution in [0.15, 0.2) is 56.7 Å². The van der Waals surface area contributed by atoms with Gasteiger partial charge in [-0.25, -0.2) is 4.39 Å². The van der Waals surface area contributed by atoms with E-state index >= 15 is 0 Å². The van der Waals surface area contributed by atoms with E-state index in [-0.39, 0.29) is 5.82 Å². The zero-order chi connectivity index (χ0) is 13.9. The van der Waals surface area contributed by atoms with Gasteiger partial charge in [-0.1, -0.05) is 30.0 Å². The molecule has 3 rings (SSSR count). The molecule has 2 nitrogen and oxygen atoms in total. The minimum atomic E-state index is -0.610. The summed E-state index contributed by atoms with van der Waals surface area (Å²) in [6.07, 6.45) is -0.610. The Kier molecular flexibility index (Phi) is 4.41. The van der Waals surface area contributed by atoms with E-state index in [2.05, 4.69) is 15.9 Å². The van der Waals surface area contributed by atoms with Gasteiger partial charge in [-0.05, 0) is 40.2 Å². The summed E-state index contributed by atoms with van der Waals surface area (Å²) >= 11 is 5.00. The fourth-order valence-electron chi connectivity index (χ4n) is 2.01. The molecule has 2 aromatic rings. The molecule has 1 aliphatic rings. The second-order valence-corrected chi connectivity index (χ2v) is 6.20. The largest absolute Gasteiger partial charge is 0.346 e. The number of rotatable bonds is 3. The second-order valence-electron chi connectivity index (χ2n) is 4.26. The average Bonchev–Trinajstić information content (AvgIpc) is 2.95. The zero-order valence-electron chi connectivity index (χ0n) is 10.5. The molecule has 0 bridgehead atoms. The lowest BCUT2D eigenvalue weighted by atomic mass is 10.2. The summed E-state index contributed by atoms with van der Waals surface area (Å²) in [6, 6.07) is 12.9. The summed E-state index contributed by atoms with van der Waals surface area (Å²) in [5.74, 6) is -0.297. The molecule has 0 N–H and O–H groups in total. The van der Waals surface area contributed by atoms with E-state index in [1.165, 1.54) is 17.8 Å². The first-order chi connectivity index (χ1) is 9.75. The van der Waals surface area contributed by atoms with E-state index in [9.17, 15) is 4.39 Å². The minimum absolute atomic E-state index is 0.297. The first-order valence-electron chi connectivity index (χ1n) is 6.20. The van der Waals surface area contributed by atoms with E-state index in [4.69, 9.17) is 9.47 Å². The van der Waals surface area contributed by atoms with Crippen LogP contribution in [0.1, 0.15) is 11.9 Å². The summed E-state index contributed by atoms with van der Waals surface area (Å²) in [7, 11) is 0. The fourth-order valence-corrected chi connectivity index (χ4v) is 3.53. The summed E-state index contributed by atoms with van der Waals surface area (Å²) in [6.45, 7) is 0.996. The van der Waals surface area contributed by atoms with Crippen LogP contribution in [-0.4, -0.2) is 13.2 Å². The lowest BCUT2D eigenvalue weighted by Gasteiger charge is -2.15. The van der Waals surface area contributed by atoms with Crippen LogP contribution in [0.5, 0.6) is 0 Å². The number of benzene rings is 2. The SMILES string of the molecule is Fc1cccc(Sc2ccccc2Br)c1C1OCCO1. The predicted octanol–water partition coefficient (Wildman–Crippen LogP) is 4.78. The van der Waals surface area contributed by atoms with Crippen molar-refractivity contribution in [1.82, 2.24) is 0 Å². The minimum Gasteiger partial charge on any atom is -0.346 e. The highest BCUT2D eigenvalue weighted by molar-refractivity contribution is 9.10. The van der Waals surface area contributed by atoms with Gasteiger partial charge in [0.1, 0.15) is 5.82 Å². The van der Waals surface area contributed by atoms with Crippen LogP contribution in [0.4, 0.5) is 4.39 Å². The van der Waals surface area contributed by atoms with Gasteiger partial charge >= 0.3 is 0 Å². The molecule has 0 spiro atoms. The van der Waals surface area contributed by atoms with Crippen molar-refractivity contribution in [1.29, 1.82) is 0 Å². The maximum Gasteiger partial charge on any atom is 0.187 e. The monoisotopic (exact) mass is 354 g/mol. The van der Waals surface area contributed by atoms with Crippen molar-refractivity contribution in [3.63, 3.8) is 0 Å². The second kappa shape index (κ2) is 6.26. The van der Waals surface area contributed by atoms with Gasteiger partial charge in [-0.15, -0.1) is 0 Å². The Hall–Kier alpha value is -0.880. The van der Waals surface area contributed by atoms with Crippen molar-refractivity contribution in [3.8, 4) is 0 Å². The summed E-state index contributed by atoms with van der Waals surface area (Å²) in [5.41, 5.74) is 0.478. The Bertz CT molecular complexity index is 615. The molecule has 1 fully saturated rings. The lowest BCUT2D eigenvalue weighted by Crippen LogP contribution is -2.03. The summed E-state index contributed by atoms with van der Waals surface area (Å²) in [5, 5.41) is 0. The molecule has 0 unspecified atom stereocenters. The van der Waals surface area contributed by atoms with Gasteiger partial charge in [0.25, 0.3) is 0 Å². The Balaban J connectivity index is 1.97. The van der Waals surface area contributed by atoms with Gasteiger partial charge in [0.2, 0.25) is 0 Å². The predicted molar refractivity (Wildman–Crippen MR) is 79.3 cm³/mol. The van der Waals surface area contributed by atoms with Crippen LogP contribution in [0.25, 0.3) is 0 Å². The molecule has 5 heteroatoms. The number of halogens is 2. The molecule has 0 radical (unpaired) electrons. The molecule has 1 aliphatic heterocycles. The van der Waals surface area contributed by atoms with Crippen molar-refractivity contribution >= 4 is 27.7 Å². The standard InChI is InChI=1S/C15H12BrFO2S/c16-10-4-1-2-6-12(10)20-13-7-3-5-11(17)14(13)15-18-8-9-19-15/h1-7,15H,8-9H2. The molecule has 1 heterocycles. The van der Waals surface area contributed by atoms with E-state index in [0.29, 0.717) is 18.8 Å². The average molecular weight is 355 g/mol. The van der Waals surface area contributed by atoms with Gasteiger partial charge in [0.15, 0.2) is 6.29 Å². The summed E-state index contributed by atoms with van der Waals surface area (Å²) in [4.78, 5) is 1.83. The molecule has 0 saturated carbocycles. The Morgan fingerprint density at radius 2 is 1.70 bits per heavy atom. The van der Waals surface area contributed by atoms with Gasteiger partial charge in [-0.3, -0.25) is 0 Å². The van der Waals surface area contributed by atoms with E-state index < -0.39 is 6.29 Å². The number of hydrogen-bond donors (Lipinski definition) is 0. The lowest BCUT2D eigenvalue weighted by molar-refractivity contribution is -0.0484. The molecular formula is C15H12BrFO2S. The van der Waals surface area contributed by atoms with E-state index in [1.54, 1.807) is 6.07 Å². The molecule has 0 aromatic heterocycles. The highest BCUT2D eigenvalue weighted by Crippen LogP contribution is 2.39. The highest BCUT2D eigenvalue weighted by atomic mass is 79.9. The topological polar surface area (TPSA) is 18.5 Å². The van der Waals surface area contributed by atoms with Crippen LogP contribution in [0.3, 0.4) is 0 Å². The maximum atomic E-state index is 14.1. The smallest absolute Gasteiger partial charge is 0.187 e. The van der Waals surface area contributed by atoms with Crippen molar-refractivity contribution in [2.24, 2.45) is 0 Å². The normalized spacial score (nSPS) is 15.7. The van der Waals surface area contributed by atoms with Gasteiger partial charge in [0.05, 0.1) is 18.8 Å². The Morgan fingerprint density at radius 1 is 1.00 bits per heavy atom. The van der Waals surface area contributed by atoms with Crippen molar-refractivity contribution < 1.29 is 13.9 Å². The molecule has 2 aromatic carbocycles. The molecule has 0 atom stereocenters. The first-order valence-corrected chi connectivity index (χ1v) is 7.80. The fraction of sp³-hybridized carbons (Fsp3) is 0.200. The van der Waals surface area contributed by atoms with Gasteiger partial charge in [0, 0.05) is 14.3 Å². The van der Waals surface area contributed by atoms with Crippen molar-refractivity contribution in [3.05, 3.63) is 58.3 Å². The van der Waals surface area contributed by atoms with Gasteiger partial charge < -0.3 is 9.47 Å². The Morgan fingerprint density at radius 3 is 2.45 bits per heavy atom. The summed E-state index contributed by atoms with van der Waals surface area (Å²) < 4.78 is 26.0. The molecule has 104 valence electrons. The Labute approximate surface area is 129 Å². The number of ether oxygens (including phenoxy) is 2. The third kappa shape index (κ3) is 2.91. The molecule has 0 amide bonds. The number of hydrogen-bond acceptors (Lipinski definition) is 3. The van der Waals surface area contributed by atoms with Crippen LogP contribution in [-0.2, 0) is 9.47 Å². The van der Waals surface area contributed by atoms with Crippen LogP contribution in [0.2, 0.25) is 0 Å². The maximum absolute atomic E-state index is 14.1. The molecule has 0 aliphatic carbocycles. The third-order valence-corrected chi connectivity index (χ3v) is 5.03. The van der Waals surface area contributed by atoms with Gasteiger partial charge in [-0.2, -0.15) is 0 Å². The molecule has 1 saturated heterocycles. The quantitative estimate of drug-likeness (QED) is 0.789. The van der Waals surface area contributed by atoms with Crippen molar-refractivity contribution in [2.75, 3.05) is 13.2 Å². The third-order valence-electron chi connectivity index (χ3n) is 2.93. The molecular weight excluding hydrogens is 343 g/mol. The van der Waals surface area contributed by atoms with Crippen LogP contribution < -0.4 is 0 Å². The zero-order valence-corrected chi connectivity index (χ0v) is 12.9.